The summed E-state index contributed by atoms with van der Waals surface area (Å²) in [5.74, 6) is 0.00804. The van der Waals surface area contributed by atoms with E-state index in [1.54, 1.807) is 0 Å². The number of phenols is 1. The zero-order valence-electron chi connectivity index (χ0n) is 9.89. The maximum Gasteiger partial charge on any atom is 0.389 e. The van der Waals surface area contributed by atoms with E-state index in [2.05, 4.69) is 31.9 Å². The van der Waals surface area contributed by atoms with Crippen molar-refractivity contribution < 1.29 is 23.0 Å². The quantitative estimate of drug-likeness (QED) is 0.785. The zero-order chi connectivity index (χ0) is 14.8. The number of alkyl halides is 3. The molecule has 3 nitrogen and oxygen atoms in total. The van der Waals surface area contributed by atoms with Crippen molar-refractivity contribution in [2.75, 3.05) is 7.11 Å². The maximum atomic E-state index is 12.2. The van der Waals surface area contributed by atoms with Gasteiger partial charge in [-0.25, -0.2) is 0 Å². The predicted octanol–water partition coefficient (Wildman–Crippen LogP) is 4.27. The zero-order valence-corrected chi connectivity index (χ0v) is 13.1. The molecule has 0 heterocycles. The monoisotopic (exact) mass is 405 g/mol. The number of phenolic OH excluding ortho intramolecular Hbond substituents is 1. The van der Waals surface area contributed by atoms with Gasteiger partial charge in [0.25, 0.3) is 0 Å². The van der Waals surface area contributed by atoms with Gasteiger partial charge in [-0.1, -0.05) is 0 Å². The highest BCUT2D eigenvalue weighted by molar-refractivity contribution is 9.13. The molecule has 1 aromatic carbocycles. The van der Waals surface area contributed by atoms with Crippen molar-refractivity contribution in [1.82, 2.24) is 0 Å². The molecule has 8 heteroatoms. The van der Waals surface area contributed by atoms with Crippen molar-refractivity contribution in [3.8, 4) is 11.5 Å². The molecule has 0 aliphatic carbocycles. The molecule has 0 radical (unpaired) electrons. The Morgan fingerprint density at radius 2 is 1.95 bits per heavy atom. The van der Waals surface area contributed by atoms with Crippen LogP contribution in [0, 0.1) is 0 Å². The largest absolute Gasteiger partial charge is 0.503 e. The summed E-state index contributed by atoms with van der Waals surface area (Å²) in [6.45, 7) is 0. The molecular formula is C11H12Br2F3NO2. The lowest BCUT2D eigenvalue weighted by atomic mass is 10.0. The lowest BCUT2D eigenvalue weighted by Crippen LogP contribution is -2.16. The third-order valence-corrected chi connectivity index (χ3v) is 4.69. The van der Waals surface area contributed by atoms with E-state index in [1.165, 1.54) is 13.2 Å². The molecule has 0 saturated carbocycles. The van der Waals surface area contributed by atoms with Gasteiger partial charge in [0.1, 0.15) is 0 Å². The molecule has 19 heavy (non-hydrogen) atoms. The van der Waals surface area contributed by atoms with E-state index >= 15 is 0 Å². The van der Waals surface area contributed by atoms with Crippen LogP contribution in [0.5, 0.6) is 11.5 Å². The number of hydrogen-bond donors (Lipinski definition) is 2. The first kappa shape index (κ1) is 16.6. The van der Waals surface area contributed by atoms with Crippen molar-refractivity contribution in [2.24, 2.45) is 5.73 Å². The fourth-order valence-electron chi connectivity index (χ4n) is 1.51. The summed E-state index contributed by atoms with van der Waals surface area (Å²) in [6.07, 6.45) is -5.47. The molecule has 0 saturated heterocycles. The molecule has 0 aromatic heterocycles. The summed E-state index contributed by atoms with van der Waals surface area (Å²) in [6, 6.07) is 0.604. The van der Waals surface area contributed by atoms with Crippen molar-refractivity contribution >= 4 is 31.9 Å². The van der Waals surface area contributed by atoms with E-state index in [4.69, 9.17) is 10.5 Å². The van der Waals surface area contributed by atoms with Crippen LogP contribution in [-0.4, -0.2) is 18.4 Å². The van der Waals surface area contributed by atoms with Crippen molar-refractivity contribution in [1.29, 1.82) is 0 Å². The summed E-state index contributed by atoms with van der Waals surface area (Å²) in [7, 11) is 1.35. The molecule has 0 unspecified atom stereocenters. The molecule has 108 valence electrons. The molecule has 0 spiro atoms. The van der Waals surface area contributed by atoms with Gasteiger partial charge >= 0.3 is 6.18 Å². The van der Waals surface area contributed by atoms with Crippen LogP contribution < -0.4 is 10.5 Å². The molecule has 1 rings (SSSR count). The Balaban J connectivity index is 3.03. The summed E-state index contributed by atoms with van der Waals surface area (Å²) in [5, 5.41) is 9.72. The molecule has 0 fully saturated rings. The number of hydrogen-bond acceptors (Lipinski definition) is 3. The lowest BCUT2D eigenvalue weighted by molar-refractivity contribution is -0.136. The van der Waals surface area contributed by atoms with Gasteiger partial charge in [-0.05, 0) is 49.9 Å². The van der Waals surface area contributed by atoms with Gasteiger partial charge < -0.3 is 15.6 Å². The number of aromatic hydroxyl groups is 1. The van der Waals surface area contributed by atoms with Crippen molar-refractivity contribution in [3.63, 3.8) is 0 Å². The Bertz CT molecular complexity index is 466. The summed E-state index contributed by atoms with van der Waals surface area (Å²) >= 11 is 6.32. The van der Waals surface area contributed by atoms with Crippen molar-refractivity contribution in [2.45, 2.75) is 25.1 Å². The van der Waals surface area contributed by atoms with Crippen LogP contribution in [0.2, 0.25) is 0 Å². The number of halogens is 5. The van der Waals surface area contributed by atoms with Gasteiger partial charge in [0.15, 0.2) is 11.5 Å². The number of nitrogens with two attached hydrogens (primary N) is 1. The molecule has 0 amide bonds. The molecule has 0 aliphatic rings. The van der Waals surface area contributed by atoms with E-state index in [-0.39, 0.29) is 17.9 Å². The Hall–Kier alpha value is -0.470. The molecule has 1 atom stereocenters. The SMILES string of the molecule is COc1cc([C@@H](N)CCC(F)(F)F)c(Br)c(Br)c1O. The first-order valence-electron chi connectivity index (χ1n) is 5.24. The predicted molar refractivity (Wildman–Crippen MR) is 72.3 cm³/mol. The minimum Gasteiger partial charge on any atom is -0.503 e. The second-order valence-corrected chi connectivity index (χ2v) is 5.49. The van der Waals surface area contributed by atoms with Gasteiger partial charge in [-0.15, -0.1) is 0 Å². The van der Waals surface area contributed by atoms with E-state index < -0.39 is 18.6 Å². The van der Waals surface area contributed by atoms with Gasteiger partial charge in [-0.3, -0.25) is 0 Å². The van der Waals surface area contributed by atoms with Gasteiger partial charge in [-0.2, -0.15) is 13.2 Å². The smallest absolute Gasteiger partial charge is 0.389 e. The van der Waals surface area contributed by atoms with Gasteiger partial charge in [0.2, 0.25) is 0 Å². The molecule has 0 aliphatic heterocycles. The van der Waals surface area contributed by atoms with Gasteiger partial charge in [0, 0.05) is 16.9 Å². The number of ether oxygens (including phenoxy) is 1. The van der Waals surface area contributed by atoms with Crippen LogP contribution in [0.4, 0.5) is 13.2 Å². The minimum absolute atomic E-state index is 0.138. The highest BCUT2D eigenvalue weighted by Crippen LogP contribution is 2.44. The molecule has 1 aromatic rings. The normalized spacial score (nSPS) is 13.4. The fraction of sp³-hybridized carbons (Fsp3) is 0.455. The third kappa shape index (κ3) is 4.25. The Morgan fingerprint density at radius 3 is 2.42 bits per heavy atom. The van der Waals surface area contributed by atoms with Crippen LogP contribution in [-0.2, 0) is 0 Å². The molecular weight excluding hydrogens is 395 g/mol. The standard InChI is InChI=1S/C11H12Br2F3NO2/c1-19-7-4-5(8(12)9(13)10(7)18)6(17)2-3-11(14,15)16/h4,6,18H,2-3,17H2,1H3/t6-/m0/s1. The topological polar surface area (TPSA) is 55.5 Å². The Kier molecular flexibility index (Phi) is 5.52. The Morgan fingerprint density at radius 1 is 1.37 bits per heavy atom. The second-order valence-electron chi connectivity index (χ2n) is 3.90. The van der Waals surface area contributed by atoms with Crippen LogP contribution in [0.15, 0.2) is 15.0 Å². The second kappa shape index (κ2) is 6.32. The number of methoxy groups -OCH3 is 1. The van der Waals surface area contributed by atoms with Crippen LogP contribution in [0.25, 0.3) is 0 Å². The minimum atomic E-state index is -4.25. The first-order chi connectivity index (χ1) is 8.67. The summed E-state index contributed by atoms with van der Waals surface area (Å²) in [4.78, 5) is 0. The Labute approximate surface area is 125 Å². The molecule has 0 bridgehead atoms. The third-order valence-electron chi connectivity index (χ3n) is 2.53. The number of rotatable bonds is 4. The van der Waals surface area contributed by atoms with E-state index in [1.807, 2.05) is 0 Å². The van der Waals surface area contributed by atoms with E-state index in [0.29, 0.717) is 14.5 Å². The highest BCUT2D eigenvalue weighted by Gasteiger charge is 2.29. The lowest BCUT2D eigenvalue weighted by Gasteiger charge is -2.18. The van der Waals surface area contributed by atoms with Crippen LogP contribution in [0.1, 0.15) is 24.4 Å². The highest BCUT2D eigenvalue weighted by atomic mass is 79.9. The maximum absolute atomic E-state index is 12.2. The average Bonchev–Trinajstić information content (AvgIpc) is 2.33. The number of benzene rings is 1. The van der Waals surface area contributed by atoms with Crippen LogP contribution in [0.3, 0.4) is 0 Å². The fourth-order valence-corrected chi connectivity index (χ4v) is 2.53. The first-order valence-corrected chi connectivity index (χ1v) is 6.83. The van der Waals surface area contributed by atoms with E-state index in [0.717, 1.165) is 0 Å². The summed E-state index contributed by atoms with van der Waals surface area (Å²) in [5.41, 5.74) is 6.19. The average molecular weight is 407 g/mol. The van der Waals surface area contributed by atoms with Gasteiger partial charge in [0.05, 0.1) is 11.6 Å². The molecule has 3 N–H and O–H groups in total. The van der Waals surface area contributed by atoms with E-state index in [9.17, 15) is 18.3 Å². The van der Waals surface area contributed by atoms with Crippen molar-refractivity contribution in [3.05, 3.63) is 20.6 Å². The van der Waals surface area contributed by atoms with Crippen LogP contribution >= 0.6 is 31.9 Å². The summed E-state index contributed by atoms with van der Waals surface area (Å²) < 4.78 is 42.2.